The van der Waals surface area contributed by atoms with Crippen LogP contribution in [0.4, 0.5) is 0 Å². The van der Waals surface area contributed by atoms with Crippen LogP contribution in [0.5, 0.6) is 0 Å². The van der Waals surface area contributed by atoms with Crippen molar-refractivity contribution in [3.63, 3.8) is 0 Å². The summed E-state index contributed by atoms with van der Waals surface area (Å²) < 4.78 is 0. The molecule has 0 fully saturated rings. The van der Waals surface area contributed by atoms with Gasteiger partial charge in [0.15, 0.2) is 0 Å². The van der Waals surface area contributed by atoms with Crippen LogP contribution in [0.2, 0.25) is 0 Å². The van der Waals surface area contributed by atoms with Crippen LogP contribution in [-0.4, -0.2) is 8.80 Å². The second-order valence-electron chi connectivity index (χ2n) is 5.77. The minimum Gasteiger partial charge on any atom is -0.197 e. The Labute approximate surface area is 150 Å². The van der Waals surface area contributed by atoms with Gasteiger partial charge < -0.3 is 0 Å². The average Bonchev–Trinajstić information content (AvgIpc) is 2.70. The summed E-state index contributed by atoms with van der Waals surface area (Å²) in [4.78, 5) is 0. The highest BCUT2D eigenvalue weighted by Crippen LogP contribution is 2.27. The molecule has 1 atom stereocenters. The summed E-state index contributed by atoms with van der Waals surface area (Å²) >= 11 is 0. The van der Waals surface area contributed by atoms with E-state index in [1.165, 1.54) is 10.4 Å². The van der Waals surface area contributed by atoms with E-state index >= 15 is 0 Å². The fourth-order valence-electron chi connectivity index (χ4n) is 3.13. The Kier molecular flexibility index (Phi) is 5.41. The average molecular weight is 337 g/mol. The van der Waals surface area contributed by atoms with Crippen LogP contribution >= 0.6 is 0 Å². The van der Waals surface area contributed by atoms with Crippen molar-refractivity contribution in [3.8, 4) is 12.1 Å². The van der Waals surface area contributed by atoms with Crippen molar-refractivity contribution >= 4 is 19.2 Å². The normalized spacial score (nSPS) is 11.7. The monoisotopic (exact) mass is 337 g/mol. The quantitative estimate of drug-likeness (QED) is 0.671. The van der Waals surface area contributed by atoms with Crippen LogP contribution in [0, 0.1) is 28.6 Å². The van der Waals surface area contributed by atoms with Crippen LogP contribution < -0.4 is 10.4 Å². The molecule has 3 rings (SSSR count). The molecule has 0 bridgehead atoms. The van der Waals surface area contributed by atoms with Crippen LogP contribution in [0.1, 0.15) is 11.1 Å². The molecule has 0 spiro atoms. The number of nitriles is 2. The van der Waals surface area contributed by atoms with Gasteiger partial charge in [0.2, 0.25) is 0 Å². The van der Waals surface area contributed by atoms with Gasteiger partial charge in [-0.15, -0.1) is 0 Å². The van der Waals surface area contributed by atoms with E-state index in [0.29, 0.717) is 0 Å². The summed E-state index contributed by atoms with van der Waals surface area (Å²) in [6, 6.07) is 35.0. The molecule has 119 valence electrons. The zero-order chi connectivity index (χ0) is 17.5. The van der Waals surface area contributed by atoms with Gasteiger partial charge in [0, 0.05) is 5.54 Å². The molecular formula is C22H17N2Si. The molecule has 25 heavy (non-hydrogen) atoms. The summed E-state index contributed by atoms with van der Waals surface area (Å²) in [6.07, 6.45) is 0. The molecule has 0 aliphatic rings. The number of nitrogens with zero attached hydrogens (tertiary/aromatic N) is 2. The Balaban J connectivity index is 2.20. The summed E-state index contributed by atoms with van der Waals surface area (Å²) in [5, 5.41) is 21.7. The molecule has 2 nitrogen and oxygen atoms in total. The standard InChI is InChI=1S/C22H17N2Si/c23-16-19(17-24)22(18-10-4-1-5-11-18)25(20-12-6-2-7-13-20)21-14-8-3-9-15-21/h1-15,19,22H. The van der Waals surface area contributed by atoms with Crippen LogP contribution in [0.3, 0.4) is 0 Å². The van der Waals surface area contributed by atoms with Gasteiger partial charge in [-0.2, -0.15) is 10.5 Å². The minimum absolute atomic E-state index is 0.133. The summed E-state index contributed by atoms with van der Waals surface area (Å²) in [7, 11) is -1.36. The lowest BCUT2D eigenvalue weighted by Gasteiger charge is -2.27. The molecule has 0 aliphatic heterocycles. The van der Waals surface area contributed by atoms with Crippen molar-refractivity contribution < 1.29 is 0 Å². The van der Waals surface area contributed by atoms with Crippen molar-refractivity contribution in [1.82, 2.24) is 0 Å². The summed E-state index contributed by atoms with van der Waals surface area (Å²) in [5.41, 5.74) is 0.920. The highest BCUT2D eigenvalue weighted by molar-refractivity contribution is 6.86. The lowest BCUT2D eigenvalue weighted by atomic mass is 10.0. The Morgan fingerprint density at radius 1 is 0.600 bits per heavy atom. The topological polar surface area (TPSA) is 47.6 Å². The third-order valence-electron chi connectivity index (χ3n) is 4.25. The first kappa shape index (κ1) is 16.7. The molecule has 3 aromatic rings. The lowest BCUT2D eigenvalue weighted by Crippen LogP contribution is -2.49. The van der Waals surface area contributed by atoms with Gasteiger partial charge in [-0.1, -0.05) is 101 Å². The molecule has 0 saturated heterocycles. The van der Waals surface area contributed by atoms with E-state index in [2.05, 4.69) is 36.4 Å². The number of rotatable bonds is 5. The highest BCUT2D eigenvalue weighted by atomic mass is 28.3. The molecule has 0 aromatic heterocycles. The maximum atomic E-state index is 9.64. The van der Waals surface area contributed by atoms with Crippen molar-refractivity contribution in [2.75, 3.05) is 0 Å². The third kappa shape index (κ3) is 3.69. The van der Waals surface area contributed by atoms with Gasteiger partial charge in [-0.25, -0.2) is 0 Å². The molecule has 3 heteroatoms. The van der Waals surface area contributed by atoms with E-state index in [9.17, 15) is 10.5 Å². The largest absolute Gasteiger partial charge is 0.197 e. The number of hydrogen-bond donors (Lipinski definition) is 0. The van der Waals surface area contributed by atoms with Gasteiger partial charge in [0.05, 0.1) is 12.1 Å². The van der Waals surface area contributed by atoms with Gasteiger partial charge in [-0.3, -0.25) is 0 Å². The summed E-state index contributed by atoms with van der Waals surface area (Å²) in [6.45, 7) is 0. The molecular weight excluding hydrogens is 320 g/mol. The Morgan fingerprint density at radius 2 is 1.00 bits per heavy atom. The lowest BCUT2D eigenvalue weighted by molar-refractivity contribution is 0.787. The fourth-order valence-corrected chi connectivity index (χ4v) is 6.29. The van der Waals surface area contributed by atoms with Crippen molar-refractivity contribution in [1.29, 1.82) is 10.5 Å². The van der Waals surface area contributed by atoms with Crippen molar-refractivity contribution in [2.45, 2.75) is 5.54 Å². The number of hydrogen-bond acceptors (Lipinski definition) is 2. The first-order valence-electron chi connectivity index (χ1n) is 8.17. The zero-order valence-corrected chi connectivity index (χ0v) is 14.7. The van der Waals surface area contributed by atoms with Gasteiger partial charge >= 0.3 is 0 Å². The zero-order valence-electron chi connectivity index (χ0n) is 13.7. The molecule has 1 radical (unpaired) electrons. The van der Waals surface area contributed by atoms with E-state index in [4.69, 9.17) is 0 Å². The predicted octanol–water partition coefficient (Wildman–Crippen LogP) is 3.28. The van der Waals surface area contributed by atoms with E-state index < -0.39 is 14.7 Å². The second kappa shape index (κ2) is 8.10. The van der Waals surface area contributed by atoms with Crippen LogP contribution in [0.15, 0.2) is 91.0 Å². The van der Waals surface area contributed by atoms with Crippen molar-refractivity contribution in [3.05, 3.63) is 96.6 Å². The summed E-state index contributed by atoms with van der Waals surface area (Å²) in [5.74, 6) is -0.684. The van der Waals surface area contributed by atoms with E-state index in [0.717, 1.165) is 5.56 Å². The highest BCUT2D eigenvalue weighted by Gasteiger charge is 2.35. The number of benzene rings is 3. The Hall–Kier alpha value is -3.14. The molecule has 3 aromatic carbocycles. The fraction of sp³-hybridized carbons (Fsp3) is 0.0909. The smallest absolute Gasteiger partial charge is 0.138 e. The van der Waals surface area contributed by atoms with E-state index in [1.54, 1.807) is 0 Å². The van der Waals surface area contributed by atoms with Gasteiger partial charge in [-0.05, 0) is 5.56 Å². The van der Waals surface area contributed by atoms with Crippen LogP contribution in [-0.2, 0) is 0 Å². The van der Waals surface area contributed by atoms with Crippen LogP contribution in [0.25, 0.3) is 0 Å². The van der Waals surface area contributed by atoms with Gasteiger partial charge in [0.1, 0.15) is 14.7 Å². The second-order valence-corrected chi connectivity index (χ2v) is 8.37. The van der Waals surface area contributed by atoms with E-state index in [-0.39, 0.29) is 5.54 Å². The molecule has 0 saturated carbocycles. The van der Waals surface area contributed by atoms with Gasteiger partial charge in [0.25, 0.3) is 0 Å². The van der Waals surface area contributed by atoms with E-state index in [1.807, 2.05) is 66.7 Å². The Bertz CT molecular complexity index is 827. The minimum atomic E-state index is -1.36. The maximum absolute atomic E-state index is 9.64. The molecule has 0 aliphatic carbocycles. The molecule has 0 heterocycles. The molecule has 0 N–H and O–H groups in total. The molecule has 1 unspecified atom stereocenters. The predicted molar refractivity (Wildman–Crippen MR) is 102 cm³/mol. The first-order chi connectivity index (χ1) is 12.3. The maximum Gasteiger partial charge on any atom is 0.138 e. The first-order valence-corrected chi connectivity index (χ1v) is 9.74. The third-order valence-corrected chi connectivity index (χ3v) is 7.45. The Morgan fingerprint density at radius 3 is 1.40 bits per heavy atom. The van der Waals surface area contributed by atoms with Crippen molar-refractivity contribution in [2.24, 2.45) is 5.92 Å². The SMILES string of the molecule is N#CC(C#N)C(c1ccccc1)[Si](c1ccccc1)c1ccccc1. The molecule has 0 amide bonds.